The number of aryl methyl sites for hydroxylation is 1. The van der Waals surface area contributed by atoms with Gasteiger partial charge in [-0.05, 0) is 56.6 Å². The molecule has 0 aliphatic heterocycles. The number of fused-ring (bicyclic) bond motifs is 1. The van der Waals surface area contributed by atoms with Crippen molar-refractivity contribution in [3.8, 4) is 0 Å². The Bertz CT molecular complexity index is 406. The van der Waals surface area contributed by atoms with Crippen LogP contribution >= 0.6 is 0 Å². The van der Waals surface area contributed by atoms with Gasteiger partial charge >= 0.3 is 0 Å². The Morgan fingerprint density at radius 1 is 1.38 bits per heavy atom. The summed E-state index contributed by atoms with van der Waals surface area (Å²) in [6.45, 7) is 10.7. The van der Waals surface area contributed by atoms with Crippen molar-refractivity contribution in [2.75, 3.05) is 0 Å². The highest BCUT2D eigenvalue weighted by Crippen LogP contribution is 2.34. The summed E-state index contributed by atoms with van der Waals surface area (Å²) in [5, 5.41) is 0. The van der Waals surface area contributed by atoms with Gasteiger partial charge in [-0.15, -0.1) is 0 Å². The predicted molar refractivity (Wildman–Crippen MR) is 68.6 cm³/mol. The molecule has 1 heteroatoms. The van der Waals surface area contributed by atoms with Crippen LogP contribution in [0.3, 0.4) is 0 Å². The average Bonchev–Trinajstić information content (AvgIpc) is 2.38. The minimum absolute atomic E-state index is 0.623. The Balaban J connectivity index is 2.38. The van der Waals surface area contributed by atoms with Crippen LogP contribution in [0.15, 0.2) is 24.3 Å². The number of pyridine rings is 1. The van der Waals surface area contributed by atoms with E-state index in [4.69, 9.17) is 4.98 Å². The van der Waals surface area contributed by atoms with E-state index in [0.717, 1.165) is 12.1 Å². The van der Waals surface area contributed by atoms with Crippen LogP contribution in [0.25, 0.3) is 0 Å². The van der Waals surface area contributed by atoms with Gasteiger partial charge in [-0.2, -0.15) is 0 Å². The maximum absolute atomic E-state index is 4.72. The summed E-state index contributed by atoms with van der Waals surface area (Å²) in [7, 11) is 0. The van der Waals surface area contributed by atoms with Crippen molar-refractivity contribution in [2.24, 2.45) is 5.92 Å². The second kappa shape index (κ2) is 4.40. The van der Waals surface area contributed by atoms with Gasteiger partial charge in [0.2, 0.25) is 0 Å². The van der Waals surface area contributed by atoms with Crippen molar-refractivity contribution < 1.29 is 0 Å². The quantitative estimate of drug-likeness (QED) is 0.509. The fraction of sp³-hybridized carbons (Fsp3) is 0.533. The normalized spacial score (nSPS) is 24.7. The molecule has 0 N–H and O–H groups in total. The van der Waals surface area contributed by atoms with Gasteiger partial charge in [0.25, 0.3) is 0 Å². The van der Waals surface area contributed by atoms with E-state index >= 15 is 0 Å². The third-order valence-electron chi connectivity index (χ3n) is 3.76. The molecule has 2 rings (SSSR count). The SMILES string of the molecule is C=C(C)[C@H]1CC[C@@H](C)c2ccc(C)nc2C1. The molecule has 1 aromatic rings. The Labute approximate surface area is 98.6 Å². The first kappa shape index (κ1) is 11.4. The summed E-state index contributed by atoms with van der Waals surface area (Å²) in [4.78, 5) is 4.72. The van der Waals surface area contributed by atoms with Gasteiger partial charge < -0.3 is 0 Å². The summed E-state index contributed by atoms with van der Waals surface area (Å²) < 4.78 is 0. The largest absolute Gasteiger partial charge is 0.258 e. The third kappa shape index (κ3) is 2.18. The van der Waals surface area contributed by atoms with E-state index in [9.17, 15) is 0 Å². The summed E-state index contributed by atoms with van der Waals surface area (Å²) in [6.07, 6.45) is 3.60. The van der Waals surface area contributed by atoms with Gasteiger partial charge in [0.1, 0.15) is 0 Å². The van der Waals surface area contributed by atoms with Gasteiger partial charge in [-0.3, -0.25) is 4.98 Å². The van der Waals surface area contributed by atoms with Gasteiger partial charge in [0.05, 0.1) is 0 Å². The average molecular weight is 215 g/mol. The van der Waals surface area contributed by atoms with Crippen molar-refractivity contribution >= 4 is 0 Å². The summed E-state index contributed by atoms with van der Waals surface area (Å²) in [6, 6.07) is 4.40. The lowest BCUT2D eigenvalue weighted by Gasteiger charge is -2.13. The van der Waals surface area contributed by atoms with Crippen LogP contribution in [0.5, 0.6) is 0 Å². The Hall–Kier alpha value is -1.11. The highest BCUT2D eigenvalue weighted by molar-refractivity contribution is 5.28. The molecule has 0 aromatic carbocycles. The molecule has 1 aromatic heterocycles. The molecular formula is C15H21N. The molecule has 86 valence electrons. The number of hydrogen-bond donors (Lipinski definition) is 0. The molecule has 1 aliphatic carbocycles. The topological polar surface area (TPSA) is 12.9 Å². The molecule has 0 fully saturated rings. The van der Waals surface area contributed by atoms with E-state index in [0.29, 0.717) is 11.8 Å². The highest BCUT2D eigenvalue weighted by atomic mass is 14.7. The molecule has 0 saturated heterocycles. The smallest absolute Gasteiger partial charge is 0.0447 e. The maximum atomic E-state index is 4.72. The molecule has 0 amide bonds. The van der Waals surface area contributed by atoms with E-state index in [1.54, 1.807) is 0 Å². The zero-order valence-corrected chi connectivity index (χ0v) is 10.6. The first-order chi connectivity index (χ1) is 7.58. The monoisotopic (exact) mass is 215 g/mol. The van der Waals surface area contributed by atoms with Gasteiger partial charge in [-0.25, -0.2) is 0 Å². The van der Waals surface area contributed by atoms with E-state index in [1.165, 1.54) is 29.7 Å². The molecule has 16 heavy (non-hydrogen) atoms. The standard InChI is InChI=1S/C15H21N/c1-10(2)13-7-5-11(3)14-8-6-12(4)16-15(14)9-13/h6,8,11,13H,1,5,7,9H2,2-4H3/t11-,13+/m1/s1. The number of rotatable bonds is 1. The molecule has 0 saturated carbocycles. The number of allylic oxidation sites excluding steroid dienone is 1. The van der Waals surface area contributed by atoms with E-state index in [-0.39, 0.29) is 0 Å². The lowest BCUT2D eigenvalue weighted by molar-refractivity contribution is 0.525. The summed E-state index contributed by atoms with van der Waals surface area (Å²) in [5.41, 5.74) is 5.20. The van der Waals surface area contributed by atoms with Crippen LogP contribution < -0.4 is 0 Å². The fourth-order valence-electron chi connectivity index (χ4n) is 2.60. The molecule has 0 unspecified atom stereocenters. The van der Waals surface area contributed by atoms with Crippen molar-refractivity contribution in [3.63, 3.8) is 0 Å². The van der Waals surface area contributed by atoms with E-state index in [1.807, 2.05) is 0 Å². The second-order valence-corrected chi connectivity index (χ2v) is 5.21. The lowest BCUT2D eigenvalue weighted by Crippen LogP contribution is -2.06. The van der Waals surface area contributed by atoms with Crippen molar-refractivity contribution in [1.29, 1.82) is 0 Å². The minimum atomic E-state index is 0.623. The number of hydrogen-bond acceptors (Lipinski definition) is 1. The van der Waals surface area contributed by atoms with Crippen molar-refractivity contribution in [3.05, 3.63) is 41.2 Å². The van der Waals surface area contributed by atoms with Crippen molar-refractivity contribution in [1.82, 2.24) is 4.98 Å². The van der Waals surface area contributed by atoms with Crippen LogP contribution in [0.1, 0.15) is 49.6 Å². The van der Waals surface area contributed by atoms with Crippen LogP contribution in [0.2, 0.25) is 0 Å². The van der Waals surface area contributed by atoms with E-state index in [2.05, 4.69) is 39.5 Å². The molecule has 0 bridgehead atoms. The predicted octanol–water partition coefficient (Wildman–Crippen LogP) is 4.02. The molecular weight excluding hydrogens is 194 g/mol. The Kier molecular flexibility index (Phi) is 3.13. The molecule has 1 heterocycles. The maximum Gasteiger partial charge on any atom is 0.0447 e. The minimum Gasteiger partial charge on any atom is -0.258 e. The zero-order valence-electron chi connectivity index (χ0n) is 10.6. The molecule has 1 aliphatic rings. The summed E-state index contributed by atoms with van der Waals surface area (Å²) in [5.74, 6) is 1.27. The van der Waals surface area contributed by atoms with E-state index < -0.39 is 0 Å². The van der Waals surface area contributed by atoms with Gasteiger partial charge in [-0.1, -0.05) is 25.1 Å². The first-order valence-corrected chi connectivity index (χ1v) is 6.19. The zero-order chi connectivity index (χ0) is 11.7. The van der Waals surface area contributed by atoms with Crippen molar-refractivity contribution in [2.45, 2.75) is 46.0 Å². The van der Waals surface area contributed by atoms with Crippen LogP contribution in [-0.4, -0.2) is 4.98 Å². The van der Waals surface area contributed by atoms with Gasteiger partial charge in [0, 0.05) is 11.4 Å². The lowest BCUT2D eigenvalue weighted by atomic mass is 9.93. The molecule has 2 atom stereocenters. The van der Waals surface area contributed by atoms with Crippen LogP contribution in [-0.2, 0) is 6.42 Å². The molecule has 0 spiro atoms. The fourth-order valence-corrected chi connectivity index (χ4v) is 2.60. The second-order valence-electron chi connectivity index (χ2n) is 5.21. The Morgan fingerprint density at radius 2 is 2.12 bits per heavy atom. The van der Waals surface area contributed by atoms with Gasteiger partial charge in [0.15, 0.2) is 0 Å². The number of aromatic nitrogens is 1. The Morgan fingerprint density at radius 3 is 2.81 bits per heavy atom. The summed E-state index contributed by atoms with van der Waals surface area (Å²) >= 11 is 0. The third-order valence-corrected chi connectivity index (χ3v) is 3.76. The number of nitrogens with zero attached hydrogens (tertiary/aromatic N) is 1. The van der Waals surface area contributed by atoms with Crippen LogP contribution in [0.4, 0.5) is 0 Å². The highest BCUT2D eigenvalue weighted by Gasteiger charge is 2.22. The van der Waals surface area contributed by atoms with Crippen LogP contribution in [0, 0.1) is 12.8 Å². The first-order valence-electron chi connectivity index (χ1n) is 6.19. The molecule has 1 nitrogen and oxygen atoms in total. The molecule has 0 radical (unpaired) electrons.